The van der Waals surface area contributed by atoms with Gasteiger partial charge in [0.25, 0.3) is 5.91 Å². The van der Waals surface area contributed by atoms with Crippen LogP contribution in [-0.2, 0) is 21.4 Å². The summed E-state index contributed by atoms with van der Waals surface area (Å²) in [7, 11) is 1.59. The monoisotopic (exact) mass is 518 g/mol. The van der Waals surface area contributed by atoms with E-state index in [2.05, 4.69) is 33.0 Å². The minimum absolute atomic E-state index is 0.0929. The van der Waals surface area contributed by atoms with E-state index in [0.29, 0.717) is 24.5 Å². The van der Waals surface area contributed by atoms with Crippen molar-refractivity contribution in [1.82, 2.24) is 14.7 Å². The van der Waals surface area contributed by atoms with E-state index in [-0.39, 0.29) is 23.8 Å². The number of aromatic nitrogens is 2. The predicted molar refractivity (Wildman–Crippen MR) is 153 cm³/mol. The number of nitrogens with zero attached hydrogens (tertiary/aromatic N) is 3. The van der Waals surface area contributed by atoms with Gasteiger partial charge in [0.1, 0.15) is 12.4 Å². The number of hydrogen-bond donors (Lipinski definition) is 1. The first-order chi connectivity index (χ1) is 18.1. The molecule has 0 saturated heterocycles. The molecule has 7 nitrogen and oxygen atoms in total. The standard InChI is InChI=1S/C31H42N4O3/c1-7-8-9-10-24-13-15-25(16-14-24)30(37)34(19-20-38-6)22-29(36)32-28-21-27(31(3,4)5)33-35(28)26-17-11-23(2)12-18-26/h11-18,21H,7-10,19-20,22H2,1-6H3,(H,32,36). The number of carbonyl (C=O) groups is 2. The summed E-state index contributed by atoms with van der Waals surface area (Å²) in [5.41, 5.74) is 4.44. The second-order valence-corrected chi connectivity index (χ2v) is 10.8. The van der Waals surface area contributed by atoms with E-state index in [1.54, 1.807) is 11.8 Å². The molecule has 0 atom stereocenters. The maximum atomic E-state index is 13.3. The Bertz CT molecular complexity index is 1190. The third-order valence-corrected chi connectivity index (χ3v) is 6.48. The molecule has 0 spiro atoms. The van der Waals surface area contributed by atoms with Gasteiger partial charge in [-0.25, -0.2) is 4.68 Å². The van der Waals surface area contributed by atoms with Gasteiger partial charge >= 0.3 is 0 Å². The molecule has 0 unspecified atom stereocenters. The lowest BCUT2D eigenvalue weighted by Crippen LogP contribution is -2.40. The minimum atomic E-state index is -0.292. The highest BCUT2D eigenvalue weighted by molar-refractivity contribution is 5.99. The van der Waals surface area contributed by atoms with Gasteiger partial charge in [-0.3, -0.25) is 9.59 Å². The molecular weight excluding hydrogens is 476 g/mol. The number of hydrogen-bond acceptors (Lipinski definition) is 4. The summed E-state index contributed by atoms with van der Waals surface area (Å²) in [6, 6.07) is 17.6. The minimum Gasteiger partial charge on any atom is -0.383 e. The Labute approximate surface area is 227 Å². The molecular formula is C31H42N4O3. The van der Waals surface area contributed by atoms with Gasteiger partial charge in [0.2, 0.25) is 5.91 Å². The highest BCUT2D eigenvalue weighted by atomic mass is 16.5. The van der Waals surface area contributed by atoms with Gasteiger partial charge in [0, 0.05) is 30.7 Å². The summed E-state index contributed by atoms with van der Waals surface area (Å²) in [6.07, 6.45) is 4.51. The first-order valence-corrected chi connectivity index (χ1v) is 13.5. The van der Waals surface area contributed by atoms with Gasteiger partial charge in [-0.2, -0.15) is 5.10 Å². The summed E-state index contributed by atoms with van der Waals surface area (Å²) in [5.74, 6) is 0.0819. The van der Waals surface area contributed by atoms with Crippen LogP contribution in [0.1, 0.15) is 74.1 Å². The van der Waals surface area contributed by atoms with Crippen LogP contribution in [0.3, 0.4) is 0 Å². The molecule has 38 heavy (non-hydrogen) atoms. The number of rotatable bonds is 12. The van der Waals surface area contributed by atoms with Crippen LogP contribution in [-0.4, -0.2) is 53.3 Å². The van der Waals surface area contributed by atoms with E-state index in [0.717, 1.165) is 29.8 Å². The molecule has 0 aliphatic heterocycles. The second-order valence-electron chi connectivity index (χ2n) is 10.8. The molecule has 2 aromatic carbocycles. The molecule has 0 aliphatic carbocycles. The van der Waals surface area contributed by atoms with Crippen molar-refractivity contribution in [2.24, 2.45) is 0 Å². The Morgan fingerprint density at radius 3 is 2.32 bits per heavy atom. The summed E-state index contributed by atoms with van der Waals surface area (Å²) < 4.78 is 6.97. The van der Waals surface area contributed by atoms with Crippen LogP contribution in [0.5, 0.6) is 0 Å². The van der Waals surface area contributed by atoms with Gasteiger partial charge in [-0.15, -0.1) is 0 Å². The molecule has 7 heteroatoms. The zero-order valence-electron chi connectivity index (χ0n) is 23.7. The molecule has 0 bridgehead atoms. The van der Waals surface area contributed by atoms with E-state index < -0.39 is 0 Å². The van der Waals surface area contributed by atoms with E-state index in [4.69, 9.17) is 9.84 Å². The van der Waals surface area contributed by atoms with Crippen molar-refractivity contribution in [1.29, 1.82) is 0 Å². The van der Waals surface area contributed by atoms with E-state index >= 15 is 0 Å². The zero-order chi connectivity index (χ0) is 27.7. The van der Waals surface area contributed by atoms with Crippen LogP contribution in [0.4, 0.5) is 5.82 Å². The van der Waals surface area contributed by atoms with Crippen LogP contribution >= 0.6 is 0 Å². The van der Waals surface area contributed by atoms with Crippen LogP contribution in [0.25, 0.3) is 5.69 Å². The lowest BCUT2D eigenvalue weighted by molar-refractivity contribution is -0.117. The summed E-state index contributed by atoms with van der Waals surface area (Å²) in [6.45, 7) is 11.0. The molecule has 2 amide bonds. The highest BCUT2D eigenvalue weighted by Gasteiger charge is 2.23. The third kappa shape index (κ3) is 8.02. The lowest BCUT2D eigenvalue weighted by atomic mass is 9.92. The molecule has 0 fully saturated rings. The number of carbonyl (C=O) groups excluding carboxylic acids is 2. The molecule has 1 heterocycles. The molecule has 3 aromatic rings. The highest BCUT2D eigenvalue weighted by Crippen LogP contribution is 2.26. The fourth-order valence-electron chi connectivity index (χ4n) is 4.10. The van der Waals surface area contributed by atoms with Gasteiger partial charge in [-0.05, 0) is 49.6 Å². The average molecular weight is 519 g/mol. The van der Waals surface area contributed by atoms with Crippen molar-refractivity contribution in [3.8, 4) is 5.69 Å². The summed E-state index contributed by atoms with van der Waals surface area (Å²) in [4.78, 5) is 28.1. The Hall–Kier alpha value is -3.45. The molecule has 1 aromatic heterocycles. The van der Waals surface area contributed by atoms with Gasteiger partial charge in [-0.1, -0.05) is 70.4 Å². The summed E-state index contributed by atoms with van der Waals surface area (Å²) >= 11 is 0. The third-order valence-electron chi connectivity index (χ3n) is 6.48. The Balaban J connectivity index is 1.78. The number of ether oxygens (including phenoxy) is 1. The van der Waals surface area contributed by atoms with Crippen molar-refractivity contribution >= 4 is 17.6 Å². The first kappa shape index (κ1) is 29.1. The normalized spacial score (nSPS) is 11.4. The van der Waals surface area contributed by atoms with E-state index in [9.17, 15) is 9.59 Å². The Morgan fingerprint density at radius 1 is 1.03 bits per heavy atom. The zero-order valence-corrected chi connectivity index (χ0v) is 23.7. The van der Waals surface area contributed by atoms with Crippen molar-refractivity contribution in [2.45, 2.75) is 65.7 Å². The average Bonchev–Trinajstić information content (AvgIpc) is 3.31. The largest absolute Gasteiger partial charge is 0.383 e. The van der Waals surface area contributed by atoms with Crippen molar-refractivity contribution in [3.63, 3.8) is 0 Å². The van der Waals surface area contributed by atoms with E-state index in [1.165, 1.54) is 23.3 Å². The van der Waals surface area contributed by atoms with Crippen molar-refractivity contribution in [2.75, 3.05) is 32.1 Å². The molecule has 3 rings (SSSR count). The second kappa shape index (κ2) is 13.4. The fraction of sp³-hybridized carbons (Fsp3) is 0.452. The van der Waals surface area contributed by atoms with Crippen molar-refractivity contribution in [3.05, 3.63) is 77.0 Å². The number of unbranched alkanes of at least 4 members (excludes halogenated alkanes) is 2. The number of amides is 2. The molecule has 0 saturated carbocycles. The van der Waals surface area contributed by atoms with E-state index in [1.807, 2.05) is 61.5 Å². The Morgan fingerprint density at radius 2 is 1.71 bits per heavy atom. The molecule has 0 radical (unpaired) electrons. The number of anilines is 1. The number of methoxy groups -OCH3 is 1. The fourth-order valence-corrected chi connectivity index (χ4v) is 4.10. The smallest absolute Gasteiger partial charge is 0.254 e. The Kier molecular flexibility index (Phi) is 10.2. The maximum absolute atomic E-state index is 13.3. The molecule has 0 aliphatic rings. The SMILES string of the molecule is CCCCCc1ccc(C(=O)N(CCOC)CC(=O)Nc2cc(C(C)(C)C)nn2-c2ccc(C)cc2)cc1. The maximum Gasteiger partial charge on any atom is 0.254 e. The lowest BCUT2D eigenvalue weighted by Gasteiger charge is -2.22. The first-order valence-electron chi connectivity index (χ1n) is 13.5. The number of benzene rings is 2. The van der Waals surface area contributed by atoms with Gasteiger partial charge < -0.3 is 15.0 Å². The molecule has 1 N–H and O–H groups in total. The predicted octanol–water partition coefficient (Wildman–Crippen LogP) is 5.94. The molecule has 204 valence electrons. The topological polar surface area (TPSA) is 76.5 Å². The van der Waals surface area contributed by atoms with Gasteiger partial charge in [0.15, 0.2) is 0 Å². The van der Waals surface area contributed by atoms with Crippen LogP contribution in [0, 0.1) is 6.92 Å². The van der Waals surface area contributed by atoms with Crippen LogP contribution in [0.15, 0.2) is 54.6 Å². The number of nitrogens with one attached hydrogen (secondary N) is 1. The van der Waals surface area contributed by atoms with Crippen LogP contribution in [0.2, 0.25) is 0 Å². The number of aryl methyl sites for hydroxylation is 2. The summed E-state index contributed by atoms with van der Waals surface area (Å²) in [5, 5.41) is 7.78. The van der Waals surface area contributed by atoms with Crippen LogP contribution < -0.4 is 5.32 Å². The quantitative estimate of drug-likeness (QED) is 0.301. The van der Waals surface area contributed by atoms with Crippen molar-refractivity contribution < 1.29 is 14.3 Å². The van der Waals surface area contributed by atoms with Gasteiger partial charge in [0.05, 0.1) is 18.0 Å².